The van der Waals surface area contributed by atoms with Crippen molar-refractivity contribution in [1.29, 1.82) is 0 Å². The number of piperidine rings is 1. The number of nitrogens with one attached hydrogen (secondary N) is 1. The van der Waals surface area contributed by atoms with Crippen molar-refractivity contribution in [2.24, 2.45) is 0 Å². The van der Waals surface area contributed by atoms with Crippen molar-refractivity contribution < 1.29 is 22.4 Å². The first-order valence-electron chi connectivity index (χ1n) is 10.9. The molecule has 1 aliphatic rings. The fourth-order valence-electron chi connectivity index (χ4n) is 4.11. The highest BCUT2D eigenvalue weighted by Gasteiger charge is 2.23. The van der Waals surface area contributed by atoms with Crippen LogP contribution in [0.15, 0.2) is 45.7 Å². The Morgan fingerprint density at radius 2 is 2.03 bits per heavy atom. The van der Waals surface area contributed by atoms with Crippen LogP contribution in [0.4, 0.5) is 0 Å². The molecular formula is C23H32N2O5S. The van der Waals surface area contributed by atoms with E-state index < -0.39 is 9.84 Å². The number of benzene rings is 1. The van der Waals surface area contributed by atoms with Crippen LogP contribution in [0.2, 0.25) is 0 Å². The minimum absolute atomic E-state index is 0.1000. The Hall–Kier alpha value is -2.32. The quantitative estimate of drug-likeness (QED) is 0.558. The van der Waals surface area contributed by atoms with Gasteiger partial charge in [0.05, 0.1) is 7.11 Å². The van der Waals surface area contributed by atoms with Crippen LogP contribution in [-0.4, -0.2) is 52.0 Å². The van der Waals surface area contributed by atoms with Crippen molar-refractivity contribution in [2.45, 2.75) is 55.7 Å². The Bertz CT molecular complexity index is 970. The fourth-order valence-corrected chi connectivity index (χ4v) is 5.54. The fraction of sp³-hybridized carbons (Fsp3) is 0.522. The molecule has 0 spiro atoms. The summed E-state index contributed by atoms with van der Waals surface area (Å²) >= 11 is 0. The molecule has 2 heterocycles. The van der Waals surface area contributed by atoms with Gasteiger partial charge in [0.2, 0.25) is 0 Å². The summed E-state index contributed by atoms with van der Waals surface area (Å²) in [7, 11) is -2.24. The van der Waals surface area contributed by atoms with E-state index in [4.69, 9.17) is 9.15 Å². The van der Waals surface area contributed by atoms with Gasteiger partial charge < -0.3 is 19.4 Å². The van der Waals surface area contributed by atoms with E-state index >= 15 is 0 Å². The second-order valence-electron chi connectivity index (χ2n) is 7.88. The number of methoxy groups -OCH3 is 1. The highest BCUT2D eigenvalue weighted by atomic mass is 32.2. The number of ether oxygens (including phenoxy) is 1. The molecule has 0 radical (unpaired) electrons. The lowest BCUT2D eigenvalue weighted by molar-refractivity contribution is 0.0918. The molecule has 7 nitrogen and oxygen atoms in total. The monoisotopic (exact) mass is 448 g/mol. The topological polar surface area (TPSA) is 88.9 Å². The molecule has 1 N–H and O–H groups in total. The van der Waals surface area contributed by atoms with Gasteiger partial charge in [-0.2, -0.15) is 0 Å². The number of hydrogen-bond acceptors (Lipinski definition) is 6. The number of nitrogens with zero attached hydrogens (tertiary/aromatic N) is 1. The second-order valence-corrected chi connectivity index (χ2v) is 9.84. The zero-order chi connectivity index (χ0) is 22.3. The zero-order valence-corrected chi connectivity index (χ0v) is 19.1. The summed E-state index contributed by atoms with van der Waals surface area (Å²) in [5, 5.41) is 2.87. The summed E-state index contributed by atoms with van der Waals surface area (Å²) < 4.78 is 36.1. The summed E-state index contributed by atoms with van der Waals surface area (Å²) in [6.07, 6.45) is 5.85. The molecule has 31 heavy (non-hydrogen) atoms. The van der Waals surface area contributed by atoms with Gasteiger partial charge in [0.15, 0.2) is 15.6 Å². The molecule has 8 heteroatoms. The molecule has 1 aromatic heterocycles. The number of furan rings is 1. The van der Waals surface area contributed by atoms with E-state index in [2.05, 4.69) is 17.1 Å². The van der Waals surface area contributed by atoms with Crippen molar-refractivity contribution in [3.05, 3.63) is 47.9 Å². The largest absolute Gasteiger partial charge is 0.495 e. The third-order valence-electron chi connectivity index (χ3n) is 5.75. The van der Waals surface area contributed by atoms with E-state index in [9.17, 15) is 13.2 Å². The minimum atomic E-state index is -3.67. The van der Waals surface area contributed by atoms with E-state index in [1.165, 1.54) is 51.0 Å². The molecule has 1 fully saturated rings. The summed E-state index contributed by atoms with van der Waals surface area (Å²) in [6, 6.07) is 10.1. The molecule has 0 bridgehead atoms. The molecule has 170 valence electrons. The molecule has 1 atom stereocenters. The van der Waals surface area contributed by atoms with E-state index in [-0.39, 0.29) is 33.8 Å². The zero-order valence-electron chi connectivity index (χ0n) is 18.3. The first-order chi connectivity index (χ1) is 14.9. The van der Waals surface area contributed by atoms with E-state index in [1.807, 2.05) is 0 Å². The maximum Gasteiger partial charge on any atom is 0.286 e. The highest BCUT2D eigenvalue weighted by molar-refractivity contribution is 7.90. The molecule has 1 saturated heterocycles. The molecule has 1 aromatic carbocycles. The van der Waals surface area contributed by atoms with Gasteiger partial charge in [-0.05, 0) is 56.5 Å². The molecule has 3 rings (SSSR count). The summed E-state index contributed by atoms with van der Waals surface area (Å²) in [5.41, 5.74) is 0. The molecule has 1 aliphatic heterocycles. The third kappa shape index (κ3) is 6.11. The van der Waals surface area contributed by atoms with E-state index in [0.29, 0.717) is 12.6 Å². The summed E-state index contributed by atoms with van der Waals surface area (Å²) in [5.74, 6) is -0.0453. The van der Waals surface area contributed by atoms with Crippen LogP contribution in [0, 0.1) is 0 Å². The van der Waals surface area contributed by atoms with Crippen molar-refractivity contribution in [3.8, 4) is 5.75 Å². The van der Waals surface area contributed by atoms with Crippen LogP contribution in [0.3, 0.4) is 0 Å². The average molecular weight is 449 g/mol. The second kappa shape index (κ2) is 10.8. The van der Waals surface area contributed by atoms with Gasteiger partial charge >= 0.3 is 0 Å². The predicted octanol–water partition coefficient (Wildman–Crippen LogP) is 3.65. The van der Waals surface area contributed by atoms with Gasteiger partial charge in [-0.3, -0.25) is 4.79 Å². The molecule has 0 unspecified atom stereocenters. The lowest BCUT2D eigenvalue weighted by Gasteiger charge is -2.35. The Morgan fingerprint density at radius 1 is 1.23 bits per heavy atom. The van der Waals surface area contributed by atoms with Crippen LogP contribution in [0.25, 0.3) is 0 Å². The Labute approximate surface area is 184 Å². The summed E-state index contributed by atoms with van der Waals surface area (Å²) in [6.45, 7) is 4.89. The number of sulfone groups is 1. The predicted molar refractivity (Wildman–Crippen MR) is 119 cm³/mol. The normalized spacial score (nSPS) is 17.4. The number of amides is 1. The smallest absolute Gasteiger partial charge is 0.286 e. The first kappa shape index (κ1) is 23.3. The Morgan fingerprint density at radius 3 is 2.81 bits per heavy atom. The Kier molecular flexibility index (Phi) is 8.15. The molecular weight excluding hydrogens is 416 g/mol. The highest BCUT2D eigenvalue weighted by Crippen LogP contribution is 2.26. The number of para-hydroxylation sites is 1. The van der Waals surface area contributed by atoms with Crippen molar-refractivity contribution in [2.75, 3.05) is 26.7 Å². The van der Waals surface area contributed by atoms with Crippen molar-refractivity contribution >= 4 is 15.7 Å². The van der Waals surface area contributed by atoms with Gasteiger partial charge in [0.1, 0.15) is 22.2 Å². The van der Waals surface area contributed by atoms with E-state index in [0.717, 1.165) is 19.5 Å². The first-order valence-corrected chi connectivity index (χ1v) is 12.6. The SMILES string of the molecule is CC[C@@H]1CCCCN1CCCNC(=O)c1ccc(CS(=O)(=O)c2ccccc2OC)o1. The minimum Gasteiger partial charge on any atom is -0.495 e. The number of carbonyl (C=O) groups is 1. The maximum atomic E-state index is 12.7. The lowest BCUT2D eigenvalue weighted by atomic mass is 10.00. The van der Waals surface area contributed by atoms with Gasteiger partial charge in [-0.1, -0.05) is 25.5 Å². The number of carbonyl (C=O) groups excluding carboxylic acids is 1. The van der Waals surface area contributed by atoms with Gasteiger partial charge in [0.25, 0.3) is 5.91 Å². The van der Waals surface area contributed by atoms with Crippen LogP contribution in [0.1, 0.15) is 55.3 Å². The van der Waals surface area contributed by atoms with Gasteiger partial charge in [-0.15, -0.1) is 0 Å². The van der Waals surface area contributed by atoms with Gasteiger partial charge in [0, 0.05) is 19.1 Å². The molecule has 2 aromatic rings. The number of hydrogen-bond donors (Lipinski definition) is 1. The van der Waals surface area contributed by atoms with Crippen LogP contribution < -0.4 is 10.1 Å². The average Bonchev–Trinajstić information content (AvgIpc) is 3.24. The van der Waals surface area contributed by atoms with Crippen molar-refractivity contribution in [1.82, 2.24) is 10.2 Å². The lowest BCUT2D eigenvalue weighted by Crippen LogP contribution is -2.40. The maximum absolute atomic E-state index is 12.7. The van der Waals surface area contributed by atoms with Crippen LogP contribution in [0.5, 0.6) is 5.75 Å². The molecule has 0 aliphatic carbocycles. The standard InChI is InChI=1S/C23H32N2O5S/c1-3-18-9-6-7-15-25(18)16-8-14-24-23(26)21-13-12-19(30-21)17-31(27,28)22-11-5-4-10-20(22)29-2/h4-5,10-13,18H,3,6-9,14-17H2,1-2H3,(H,24,26)/t18-/m1/s1. The number of likely N-dealkylation sites (tertiary alicyclic amines) is 1. The summed E-state index contributed by atoms with van der Waals surface area (Å²) in [4.78, 5) is 15.0. The van der Waals surface area contributed by atoms with E-state index in [1.54, 1.807) is 18.2 Å². The molecule has 1 amide bonds. The number of rotatable bonds is 10. The van der Waals surface area contributed by atoms with Crippen molar-refractivity contribution in [3.63, 3.8) is 0 Å². The van der Waals surface area contributed by atoms with Gasteiger partial charge in [-0.25, -0.2) is 8.42 Å². The van der Waals surface area contributed by atoms with Crippen LogP contribution in [-0.2, 0) is 15.6 Å². The third-order valence-corrected chi connectivity index (χ3v) is 7.42. The Balaban J connectivity index is 1.51. The molecule has 0 saturated carbocycles. The van der Waals surface area contributed by atoms with Crippen LogP contribution >= 0.6 is 0 Å².